The van der Waals surface area contributed by atoms with Gasteiger partial charge in [0.2, 0.25) is 17.7 Å². The average molecular weight is 434 g/mol. The number of amides is 4. The maximum Gasteiger partial charge on any atom is 0.253 e. The Morgan fingerprint density at radius 3 is 2.50 bits per heavy atom. The quantitative estimate of drug-likeness (QED) is 0.729. The van der Waals surface area contributed by atoms with E-state index >= 15 is 0 Å². The number of nitrogens with zero attached hydrogens (tertiary/aromatic N) is 3. The van der Waals surface area contributed by atoms with Crippen molar-refractivity contribution in [3.05, 3.63) is 59.3 Å². The first-order valence-electron chi connectivity index (χ1n) is 10.9. The highest BCUT2D eigenvalue weighted by Gasteiger charge is 2.30. The fourth-order valence-corrected chi connectivity index (χ4v) is 4.13. The molecule has 0 radical (unpaired) electrons. The van der Waals surface area contributed by atoms with Crippen LogP contribution in [0.3, 0.4) is 0 Å². The van der Waals surface area contributed by atoms with Gasteiger partial charge in [-0.05, 0) is 49.1 Å². The summed E-state index contributed by atoms with van der Waals surface area (Å²) in [6, 6.07) is 10.7. The number of pyridine rings is 1. The van der Waals surface area contributed by atoms with Gasteiger partial charge >= 0.3 is 0 Å². The van der Waals surface area contributed by atoms with Crippen LogP contribution >= 0.6 is 0 Å². The molecule has 1 aromatic heterocycles. The van der Waals surface area contributed by atoms with Crippen molar-refractivity contribution < 1.29 is 19.2 Å². The van der Waals surface area contributed by atoms with E-state index in [1.54, 1.807) is 35.4 Å². The van der Waals surface area contributed by atoms with Crippen molar-refractivity contribution in [1.29, 1.82) is 0 Å². The van der Waals surface area contributed by atoms with Gasteiger partial charge in [-0.15, -0.1) is 0 Å². The van der Waals surface area contributed by atoms with Crippen molar-refractivity contribution >= 4 is 29.4 Å². The smallest absolute Gasteiger partial charge is 0.253 e. The summed E-state index contributed by atoms with van der Waals surface area (Å²) in [4.78, 5) is 56.5. The van der Waals surface area contributed by atoms with Gasteiger partial charge in [0, 0.05) is 37.7 Å². The Morgan fingerprint density at radius 1 is 1.09 bits per heavy atom. The molecule has 1 N–H and O–H groups in total. The highest BCUT2D eigenvalue weighted by molar-refractivity contribution is 6.02. The maximum absolute atomic E-state index is 13.0. The minimum Gasteiger partial charge on any atom is -0.338 e. The molecular formula is C24H26N4O4. The molecule has 2 aromatic rings. The number of anilines is 1. The van der Waals surface area contributed by atoms with Gasteiger partial charge in [0.05, 0.1) is 12.5 Å². The van der Waals surface area contributed by atoms with E-state index in [9.17, 15) is 19.2 Å². The predicted octanol–water partition coefficient (Wildman–Crippen LogP) is 2.53. The number of carbonyl (C=O) groups is 4. The van der Waals surface area contributed by atoms with E-state index in [1.165, 1.54) is 4.90 Å². The molecule has 0 saturated carbocycles. The van der Waals surface area contributed by atoms with Crippen LogP contribution in [0.25, 0.3) is 0 Å². The molecular weight excluding hydrogens is 408 g/mol. The molecule has 2 fully saturated rings. The first-order chi connectivity index (χ1) is 15.4. The number of carbonyl (C=O) groups excluding carboxylic acids is 4. The van der Waals surface area contributed by atoms with Gasteiger partial charge in [0.25, 0.3) is 5.91 Å². The fraction of sp³-hybridized carbons (Fsp3) is 0.375. The lowest BCUT2D eigenvalue weighted by molar-refractivity contribution is -0.139. The van der Waals surface area contributed by atoms with Gasteiger partial charge in [0.15, 0.2) is 0 Å². The average Bonchev–Trinajstić information content (AvgIpc) is 3.12. The maximum atomic E-state index is 13.0. The molecule has 1 unspecified atom stereocenters. The molecule has 0 spiro atoms. The number of rotatable bonds is 5. The summed E-state index contributed by atoms with van der Waals surface area (Å²) >= 11 is 0. The van der Waals surface area contributed by atoms with Crippen LogP contribution in [-0.2, 0) is 20.9 Å². The number of hydrogen-bond acceptors (Lipinski definition) is 5. The second-order valence-corrected chi connectivity index (χ2v) is 8.32. The molecule has 2 aliphatic heterocycles. The Hall–Kier alpha value is -3.55. The first kappa shape index (κ1) is 21.7. The topological polar surface area (TPSA) is 99.7 Å². The molecule has 0 bridgehead atoms. The van der Waals surface area contributed by atoms with Gasteiger partial charge in [0.1, 0.15) is 5.82 Å². The molecule has 2 saturated heterocycles. The van der Waals surface area contributed by atoms with Gasteiger partial charge in [-0.1, -0.05) is 18.2 Å². The molecule has 166 valence electrons. The van der Waals surface area contributed by atoms with Crippen molar-refractivity contribution in [2.24, 2.45) is 5.92 Å². The minimum absolute atomic E-state index is 0.125. The molecule has 8 heteroatoms. The zero-order valence-corrected chi connectivity index (χ0v) is 18.0. The van der Waals surface area contributed by atoms with Gasteiger partial charge in [-0.25, -0.2) is 4.98 Å². The largest absolute Gasteiger partial charge is 0.338 e. The highest BCUT2D eigenvalue weighted by atomic mass is 16.2. The van der Waals surface area contributed by atoms with E-state index in [2.05, 4.69) is 10.3 Å². The third kappa shape index (κ3) is 4.69. The third-order valence-corrected chi connectivity index (χ3v) is 6.03. The summed E-state index contributed by atoms with van der Waals surface area (Å²) in [5.74, 6) is -0.314. The first-order valence-corrected chi connectivity index (χ1v) is 10.9. The Balaban J connectivity index is 1.37. The summed E-state index contributed by atoms with van der Waals surface area (Å²) in [6.45, 7) is 3.07. The van der Waals surface area contributed by atoms with Gasteiger partial charge in [-0.3, -0.25) is 24.1 Å². The van der Waals surface area contributed by atoms with E-state index in [-0.39, 0.29) is 48.9 Å². The van der Waals surface area contributed by atoms with Crippen molar-refractivity contribution in [3.8, 4) is 0 Å². The molecule has 4 amide bonds. The lowest BCUT2D eigenvalue weighted by Gasteiger charge is -2.32. The van der Waals surface area contributed by atoms with E-state index in [0.717, 1.165) is 24.0 Å². The number of benzene rings is 1. The van der Waals surface area contributed by atoms with Crippen LogP contribution in [0.5, 0.6) is 0 Å². The molecule has 8 nitrogen and oxygen atoms in total. The van der Waals surface area contributed by atoms with Crippen LogP contribution in [0.2, 0.25) is 0 Å². The lowest BCUT2D eigenvalue weighted by Crippen LogP contribution is -2.43. The number of aromatic nitrogens is 1. The number of piperidine rings is 1. The third-order valence-electron chi connectivity index (χ3n) is 6.03. The normalized spacial score (nSPS) is 18.7. The van der Waals surface area contributed by atoms with Crippen molar-refractivity contribution in [1.82, 2.24) is 14.8 Å². The fourth-order valence-electron chi connectivity index (χ4n) is 4.13. The van der Waals surface area contributed by atoms with Crippen LogP contribution in [0.15, 0.2) is 42.6 Å². The monoisotopic (exact) mass is 434 g/mol. The predicted molar refractivity (Wildman–Crippen MR) is 117 cm³/mol. The van der Waals surface area contributed by atoms with Crippen LogP contribution in [0.4, 0.5) is 5.82 Å². The molecule has 32 heavy (non-hydrogen) atoms. The number of aryl methyl sites for hydroxylation is 1. The van der Waals surface area contributed by atoms with E-state index < -0.39 is 0 Å². The summed E-state index contributed by atoms with van der Waals surface area (Å²) in [5, 5.41) is 2.88. The Labute approximate surface area is 186 Å². The summed E-state index contributed by atoms with van der Waals surface area (Å²) in [7, 11) is 0. The molecule has 4 rings (SSSR count). The zero-order valence-electron chi connectivity index (χ0n) is 18.0. The van der Waals surface area contributed by atoms with E-state index in [1.807, 2.05) is 19.1 Å². The van der Waals surface area contributed by atoms with Crippen LogP contribution in [-0.4, -0.2) is 51.5 Å². The molecule has 2 aliphatic rings. The van der Waals surface area contributed by atoms with Crippen LogP contribution < -0.4 is 5.32 Å². The SMILES string of the molecule is Cc1cccnc1NC(=O)C1CCCN(C(=O)c2ccc(CN3C(=O)CCC3=O)cc2)C1. The van der Waals surface area contributed by atoms with E-state index in [0.29, 0.717) is 24.5 Å². The van der Waals surface area contributed by atoms with Crippen LogP contribution in [0, 0.1) is 12.8 Å². The molecule has 3 heterocycles. The number of likely N-dealkylation sites (tertiary alicyclic amines) is 2. The number of nitrogens with one attached hydrogen (secondary N) is 1. The summed E-state index contributed by atoms with van der Waals surface area (Å²) in [5.41, 5.74) is 2.21. The molecule has 0 aliphatic carbocycles. The highest BCUT2D eigenvalue weighted by Crippen LogP contribution is 2.22. The summed E-state index contributed by atoms with van der Waals surface area (Å²) in [6.07, 6.45) is 3.64. The van der Waals surface area contributed by atoms with Gasteiger partial charge in [-0.2, -0.15) is 0 Å². The second kappa shape index (κ2) is 9.30. The molecule has 1 atom stereocenters. The number of imide groups is 1. The Kier molecular flexibility index (Phi) is 6.30. The summed E-state index contributed by atoms with van der Waals surface area (Å²) < 4.78 is 0. The Morgan fingerprint density at radius 2 is 1.81 bits per heavy atom. The number of hydrogen-bond donors (Lipinski definition) is 1. The van der Waals surface area contributed by atoms with Crippen molar-refractivity contribution in [2.75, 3.05) is 18.4 Å². The van der Waals surface area contributed by atoms with Gasteiger partial charge < -0.3 is 10.2 Å². The lowest BCUT2D eigenvalue weighted by atomic mass is 9.96. The van der Waals surface area contributed by atoms with Crippen molar-refractivity contribution in [3.63, 3.8) is 0 Å². The Bertz CT molecular complexity index is 1030. The van der Waals surface area contributed by atoms with E-state index in [4.69, 9.17) is 0 Å². The minimum atomic E-state index is -0.291. The standard InChI is InChI=1S/C24H26N4O4/c1-16-4-2-12-25-22(16)26-23(31)19-5-3-13-27(15-19)24(32)18-8-6-17(7-9-18)14-28-20(29)10-11-21(28)30/h2,4,6-9,12,19H,3,5,10-11,13-15H2,1H3,(H,25,26,31). The van der Waals surface area contributed by atoms with Crippen molar-refractivity contribution in [2.45, 2.75) is 39.2 Å². The zero-order chi connectivity index (χ0) is 22.7. The molecule has 1 aromatic carbocycles. The second-order valence-electron chi connectivity index (χ2n) is 8.32. The van der Waals surface area contributed by atoms with Crippen LogP contribution in [0.1, 0.15) is 47.2 Å².